The van der Waals surface area contributed by atoms with Crippen LogP contribution < -0.4 is 0 Å². The Hall–Kier alpha value is -2.07. The molecule has 1 aromatic rings. The Morgan fingerprint density at radius 2 is 1.70 bits per heavy atom. The van der Waals surface area contributed by atoms with Crippen LogP contribution in [0.15, 0.2) is 52.0 Å². The van der Waals surface area contributed by atoms with E-state index in [4.69, 9.17) is 4.78 Å². The van der Waals surface area contributed by atoms with Crippen molar-refractivity contribution in [3.63, 3.8) is 0 Å². The third kappa shape index (κ3) is 3.92. The molecule has 0 aromatic heterocycles. The lowest BCUT2D eigenvalue weighted by Gasteiger charge is -2.56. The van der Waals surface area contributed by atoms with E-state index in [1.807, 2.05) is 0 Å². The highest BCUT2D eigenvalue weighted by Gasteiger charge is 2.79. The number of allylic oxidation sites excluding steroid dienone is 4. The molecule has 4 nitrogen and oxygen atoms in total. The van der Waals surface area contributed by atoms with Crippen molar-refractivity contribution < 1.29 is 36.1 Å². The molecule has 37 heavy (non-hydrogen) atoms. The van der Waals surface area contributed by atoms with Gasteiger partial charge in [0.1, 0.15) is 5.60 Å². The Labute approximate surface area is 215 Å². The molecule has 10 heteroatoms. The average molecular weight is 545 g/mol. The molecule has 1 aromatic carbocycles. The van der Waals surface area contributed by atoms with Gasteiger partial charge >= 0.3 is 12.1 Å². The SMILES string of the molecule is C.C[C@]12C[C@H](c3ccc([S-](=N)=O)cc3)C3=C4CCC(=O)C=C4CC[C@H]3[C@@H]1CC[C@@]2(O)C(F)(F)C(F)(F)F. The van der Waals surface area contributed by atoms with Crippen LogP contribution in [0.4, 0.5) is 22.0 Å². The summed E-state index contributed by atoms with van der Waals surface area (Å²) in [6, 6.07) is 6.29. The van der Waals surface area contributed by atoms with E-state index in [2.05, 4.69) is 0 Å². The van der Waals surface area contributed by atoms with E-state index in [-0.39, 0.29) is 36.9 Å². The first-order chi connectivity index (χ1) is 16.7. The first-order valence-electron chi connectivity index (χ1n) is 12.1. The quantitative estimate of drug-likeness (QED) is 0.311. The molecule has 0 unspecified atom stereocenters. The van der Waals surface area contributed by atoms with Crippen LogP contribution in [0.25, 0.3) is 0 Å². The fourth-order valence-corrected chi connectivity index (χ4v) is 7.92. The van der Waals surface area contributed by atoms with Crippen molar-refractivity contribution in [3.05, 3.63) is 52.6 Å². The Bertz CT molecular complexity index is 1240. The third-order valence-corrected chi connectivity index (χ3v) is 9.96. The predicted octanol–water partition coefficient (Wildman–Crippen LogP) is 7.24. The van der Waals surface area contributed by atoms with E-state index in [0.717, 1.165) is 16.7 Å². The predicted molar refractivity (Wildman–Crippen MR) is 128 cm³/mol. The summed E-state index contributed by atoms with van der Waals surface area (Å²) in [5.41, 5.74) is -1.44. The van der Waals surface area contributed by atoms with Crippen molar-refractivity contribution in [1.29, 1.82) is 4.78 Å². The summed E-state index contributed by atoms with van der Waals surface area (Å²) >= 11 is 0. The number of benzene rings is 1. The molecule has 0 heterocycles. The second kappa shape index (κ2) is 9.00. The van der Waals surface area contributed by atoms with Crippen LogP contribution in [0.3, 0.4) is 0 Å². The molecule has 0 saturated heterocycles. The van der Waals surface area contributed by atoms with Gasteiger partial charge in [0.15, 0.2) is 5.78 Å². The van der Waals surface area contributed by atoms with Crippen molar-refractivity contribution in [2.24, 2.45) is 17.3 Å². The van der Waals surface area contributed by atoms with Crippen LogP contribution in [0, 0.1) is 22.0 Å². The number of rotatable bonds is 3. The molecule has 0 amide bonds. The Balaban J connectivity index is 0.00000320. The summed E-state index contributed by atoms with van der Waals surface area (Å²) in [5, 5.41) is 11.2. The van der Waals surface area contributed by atoms with Crippen LogP contribution in [0.5, 0.6) is 0 Å². The standard InChI is InChI=1S/C26H27F5NO3S.CH4/c1-23-13-20(14-2-6-17(7-3-14)36(32)35)22-18-9-5-16(33)12-15(18)4-8-19(22)21(23)10-11-24(23,34)25(27,28)26(29,30)31;/h2-3,6-7,12,19-21,32,34H,4-5,8-11,13H2,1H3;1H4/q-1;/t19-,20+,21-,23-,24-;/m0./s1. The van der Waals surface area contributed by atoms with Gasteiger partial charge in [0.05, 0.1) is 0 Å². The van der Waals surface area contributed by atoms with Crippen LogP contribution in [-0.4, -0.2) is 28.6 Å². The molecule has 0 aliphatic heterocycles. The molecular weight excluding hydrogens is 513 g/mol. The van der Waals surface area contributed by atoms with Crippen LogP contribution in [0.2, 0.25) is 0 Å². The number of carbonyl (C=O) groups excluding carboxylic acids is 1. The van der Waals surface area contributed by atoms with Crippen molar-refractivity contribution in [2.45, 2.75) is 87.8 Å². The second-order valence-corrected chi connectivity index (χ2v) is 11.8. The maximum atomic E-state index is 15.0. The Morgan fingerprint density at radius 1 is 1.05 bits per heavy atom. The maximum Gasteiger partial charge on any atom is 0.456 e. The molecule has 5 atom stereocenters. The first-order valence-corrected chi connectivity index (χ1v) is 13.2. The van der Waals surface area contributed by atoms with Crippen molar-refractivity contribution in [1.82, 2.24) is 0 Å². The van der Waals surface area contributed by atoms with Crippen molar-refractivity contribution in [2.75, 3.05) is 0 Å². The van der Waals surface area contributed by atoms with E-state index < -0.39 is 52.0 Å². The third-order valence-electron chi connectivity index (χ3n) is 9.26. The summed E-state index contributed by atoms with van der Waals surface area (Å²) in [6.45, 7) is 1.38. The average Bonchev–Trinajstić information content (AvgIpc) is 3.09. The summed E-state index contributed by atoms with van der Waals surface area (Å²) in [6.07, 6.45) is -3.10. The van der Waals surface area contributed by atoms with Gasteiger partial charge in [-0.3, -0.25) is 4.79 Å². The number of hydrogen-bond acceptors (Lipinski definition) is 5. The number of ketones is 1. The summed E-state index contributed by atoms with van der Waals surface area (Å²) in [7, 11) is -1.98. The summed E-state index contributed by atoms with van der Waals surface area (Å²) < 4.78 is 89.7. The number of fused-ring (bicyclic) bond motifs is 4. The van der Waals surface area contributed by atoms with Gasteiger partial charge < -0.3 is 14.1 Å². The van der Waals surface area contributed by atoms with Gasteiger partial charge in [0.25, 0.3) is 0 Å². The van der Waals surface area contributed by atoms with E-state index in [1.165, 1.54) is 19.1 Å². The minimum Gasteiger partial charge on any atom is -0.440 e. The van der Waals surface area contributed by atoms with Crippen LogP contribution in [0.1, 0.15) is 70.8 Å². The minimum atomic E-state index is -5.89. The zero-order chi connectivity index (χ0) is 26.3. The van der Waals surface area contributed by atoms with Gasteiger partial charge in [0.2, 0.25) is 0 Å². The van der Waals surface area contributed by atoms with Crippen molar-refractivity contribution in [3.8, 4) is 0 Å². The zero-order valence-electron chi connectivity index (χ0n) is 19.6. The highest BCUT2D eigenvalue weighted by atomic mass is 32.2. The summed E-state index contributed by atoms with van der Waals surface area (Å²) in [5.74, 6) is -6.66. The van der Waals surface area contributed by atoms with Gasteiger partial charge in [-0.15, -0.1) is 4.90 Å². The molecule has 204 valence electrons. The lowest BCUT2D eigenvalue weighted by Crippen LogP contribution is -2.65. The molecule has 2 N–H and O–H groups in total. The highest BCUT2D eigenvalue weighted by molar-refractivity contribution is 7.73. The summed E-state index contributed by atoms with van der Waals surface area (Å²) in [4.78, 5) is 12.3. The van der Waals surface area contributed by atoms with E-state index in [9.17, 15) is 36.1 Å². The smallest absolute Gasteiger partial charge is 0.440 e. The zero-order valence-corrected chi connectivity index (χ0v) is 20.4. The molecule has 2 fully saturated rings. The van der Waals surface area contributed by atoms with Crippen molar-refractivity contribution >= 4 is 16.4 Å². The van der Waals surface area contributed by atoms with E-state index in [1.54, 1.807) is 18.2 Å². The molecule has 0 bridgehead atoms. The van der Waals surface area contributed by atoms with E-state index in [0.29, 0.717) is 31.2 Å². The van der Waals surface area contributed by atoms with Gasteiger partial charge in [-0.2, -0.15) is 32.5 Å². The second-order valence-electron chi connectivity index (χ2n) is 10.8. The molecule has 2 saturated carbocycles. The van der Waals surface area contributed by atoms with Crippen LogP contribution >= 0.6 is 0 Å². The van der Waals surface area contributed by atoms with Gasteiger partial charge in [-0.1, -0.05) is 44.2 Å². The fourth-order valence-electron chi connectivity index (χ4n) is 7.54. The number of aliphatic hydroxyl groups is 1. The normalized spacial score (nSPS) is 33.9. The number of halogens is 5. The lowest BCUT2D eigenvalue weighted by atomic mass is 9.50. The largest absolute Gasteiger partial charge is 0.456 e. The van der Waals surface area contributed by atoms with Gasteiger partial charge in [-0.05, 0) is 73.1 Å². The number of alkyl halides is 5. The molecule has 0 spiro atoms. The molecular formula is C27H31F5NO3S-. The fraction of sp³-hybridized carbons (Fsp3) is 0.593. The number of hydrogen-bond donors (Lipinski definition) is 2. The lowest BCUT2D eigenvalue weighted by molar-refractivity contribution is -0.362. The monoisotopic (exact) mass is 544 g/mol. The Kier molecular flexibility index (Phi) is 6.80. The molecule has 0 radical (unpaired) electrons. The van der Waals surface area contributed by atoms with Crippen LogP contribution in [-0.2, 0) is 19.6 Å². The first kappa shape index (κ1) is 28.0. The number of carbonyl (C=O) groups is 1. The molecule has 4 aliphatic rings. The Morgan fingerprint density at radius 3 is 2.30 bits per heavy atom. The topological polar surface area (TPSA) is 78.2 Å². The highest BCUT2D eigenvalue weighted by Crippen LogP contribution is 2.70. The molecule has 4 aliphatic carbocycles. The molecule has 5 rings (SSSR count). The minimum absolute atomic E-state index is 0. The van der Waals surface area contributed by atoms with Gasteiger partial charge in [-0.25, -0.2) is 0 Å². The maximum absolute atomic E-state index is 15.0. The van der Waals surface area contributed by atoms with Gasteiger partial charge in [0, 0.05) is 17.8 Å². The van der Waals surface area contributed by atoms with E-state index >= 15 is 0 Å². The number of nitrogens with one attached hydrogen (secondary N) is 1.